The first-order valence-corrected chi connectivity index (χ1v) is 9.38. The van der Waals surface area contributed by atoms with Crippen LogP contribution in [0.15, 0.2) is 23.1 Å². The lowest BCUT2D eigenvalue weighted by molar-refractivity contribution is 0.171. The second-order valence-corrected chi connectivity index (χ2v) is 7.92. The van der Waals surface area contributed by atoms with Crippen molar-refractivity contribution in [1.82, 2.24) is 4.72 Å². The summed E-state index contributed by atoms with van der Waals surface area (Å²) < 4.78 is 58.6. The largest absolute Gasteiger partial charge is 0.486 e. The zero-order chi connectivity index (χ0) is 15.5. The fourth-order valence-electron chi connectivity index (χ4n) is 1.75. The van der Waals surface area contributed by atoms with E-state index < -0.39 is 20.0 Å². The lowest BCUT2D eigenvalue weighted by Gasteiger charge is -2.18. The minimum atomic E-state index is -3.73. The van der Waals surface area contributed by atoms with Crippen LogP contribution in [0.3, 0.4) is 0 Å². The second-order valence-electron chi connectivity index (χ2n) is 4.42. The molecule has 0 aromatic heterocycles. The van der Waals surface area contributed by atoms with Gasteiger partial charge in [0.05, 0.1) is 10.6 Å². The van der Waals surface area contributed by atoms with E-state index in [2.05, 4.69) is 4.72 Å². The monoisotopic (exact) mass is 336 g/mol. The van der Waals surface area contributed by atoms with Crippen molar-refractivity contribution in [3.63, 3.8) is 0 Å². The van der Waals surface area contributed by atoms with Gasteiger partial charge < -0.3 is 9.47 Å². The van der Waals surface area contributed by atoms with E-state index in [1.165, 1.54) is 18.2 Å². The molecule has 1 heterocycles. The molecule has 0 atom stereocenters. The Kier molecular flexibility index (Phi) is 4.71. The normalized spacial score (nSPS) is 14.9. The standard InChI is InChI=1S/C11H16N2O6S2/c12-20(14,15)7-1-4-13-21(16,17)9-2-3-10-11(8-9)19-6-5-18-10/h2-3,8,13H,1,4-7H2,(H2,12,14,15). The predicted molar refractivity (Wildman–Crippen MR) is 75.2 cm³/mol. The van der Waals surface area contributed by atoms with Crippen molar-refractivity contribution in [3.8, 4) is 11.5 Å². The number of nitrogens with one attached hydrogen (secondary N) is 1. The van der Waals surface area contributed by atoms with E-state index in [1.807, 2.05) is 0 Å². The third kappa shape index (κ3) is 4.56. The van der Waals surface area contributed by atoms with Crippen molar-refractivity contribution in [3.05, 3.63) is 18.2 Å². The average Bonchev–Trinajstić information content (AvgIpc) is 2.42. The van der Waals surface area contributed by atoms with Crippen molar-refractivity contribution in [2.75, 3.05) is 25.5 Å². The highest BCUT2D eigenvalue weighted by Crippen LogP contribution is 2.32. The summed E-state index contributed by atoms with van der Waals surface area (Å²) in [6.07, 6.45) is 0.0998. The molecule has 0 unspecified atom stereocenters. The van der Waals surface area contributed by atoms with E-state index in [9.17, 15) is 16.8 Å². The van der Waals surface area contributed by atoms with Crippen molar-refractivity contribution in [2.24, 2.45) is 5.14 Å². The van der Waals surface area contributed by atoms with Crippen LogP contribution in [-0.4, -0.2) is 42.3 Å². The van der Waals surface area contributed by atoms with Crippen LogP contribution in [0.2, 0.25) is 0 Å². The zero-order valence-corrected chi connectivity index (χ0v) is 12.7. The van der Waals surface area contributed by atoms with Crippen LogP contribution in [0.25, 0.3) is 0 Å². The summed E-state index contributed by atoms with van der Waals surface area (Å²) in [5.74, 6) is 0.583. The summed E-state index contributed by atoms with van der Waals surface area (Å²) in [4.78, 5) is 0.0300. The molecular weight excluding hydrogens is 320 g/mol. The number of rotatable bonds is 6. The molecular formula is C11H16N2O6S2. The van der Waals surface area contributed by atoms with E-state index >= 15 is 0 Å². The molecule has 1 aliphatic rings. The van der Waals surface area contributed by atoms with Crippen LogP contribution in [0.4, 0.5) is 0 Å². The number of hydrogen-bond acceptors (Lipinski definition) is 6. The maximum absolute atomic E-state index is 12.1. The van der Waals surface area contributed by atoms with Gasteiger partial charge in [0.2, 0.25) is 20.0 Å². The van der Waals surface area contributed by atoms with Gasteiger partial charge in [-0.05, 0) is 18.6 Å². The molecule has 0 aliphatic carbocycles. The Bertz CT molecular complexity index is 714. The molecule has 1 aromatic carbocycles. The van der Waals surface area contributed by atoms with E-state index in [0.29, 0.717) is 24.7 Å². The summed E-state index contributed by atoms with van der Waals surface area (Å²) >= 11 is 0. The lowest BCUT2D eigenvalue weighted by Crippen LogP contribution is -2.27. The Labute approximate surface area is 123 Å². The summed E-state index contributed by atoms with van der Waals surface area (Å²) in [5, 5.41) is 4.84. The highest BCUT2D eigenvalue weighted by Gasteiger charge is 2.19. The van der Waals surface area contributed by atoms with Crippen molar-refractivity contribution >= 4 is 20.0 Å². The Balaban J connectivity index is 2.02. The third-order valence-electron chi connectivity index (χ3n) is 2.72. The molecule has 0 spiro atoms. The van der Waals surface area contributed by atoms with Crippen LogP contribution in [0.1, 0.15) is 6.42 Å². The molecule has 118 valence electrons. The van der Waals surface area contributed by atoms with Gasteiger partial charge in [-0.2, -0.15) is 0 Å². The summed E-state index contributed by atoms with van der Waals surface area (Å²) in [7, 11) is -7.32. The zero-order valence-electron chi connectivity index (χ0n) is 11.1. The Morgan fingerprint density at radius 1 is 1.10 bits per heavy atom. The number of benzene rings is 1. The number of ether oxygens (including phenoxy) is 2. The minimum absolute atomic E-state index is 0.0206. The molecule has 1 aliphatic heterocycles. The second kappa shape index (κ2) is 6.18. The van der Waals surface area contributed by atoms with Gasteiger partial charge in [-0.1, -0.05) is 0 Å². The van der Waals surface area contributed by atoms with E-state index in [4.69, 9.17) is 14.6 Å². The smallest absolute Gasteiger partial charge is 0.240 e. The number of fused-ring (bicyclic) bond motifs is 1. The van der Waals surface area contributed by atoms with Crippen LogP contribution in [0, 0.1) is 0 Å². The van der Waals surface area contributed by atoms with E-state index in [1.54, 1.807) is 0 Å². The van der Waals surface area contributed by atoms with Gasteiger partial charge in [-0.3, -0.25) is 0 Å². The first kappa shape index (κ1) is 16.0. The quantitative estimate of drug-likeness (QED) is 0.669. The van der Waals surface area contributed by atoms with Gasteiger partial charge >= 0.3 is 0 Å². The molecule has 8 nitrogen and oxygen atoms in total. The first-order valence-electron chi connectivity index (χ1n) is 6.18. The number of sulfonamides is 2. The van der Waals surface area contributed by atoms with Gasteiger partial charge in [0.1, 0.15) is 13.2 Å². The molecule has 0 saturated heterocycles. The SMILES string of the molecule is NS(=O)(=O)CCCNS(=O)(=O)c1ccc2c(c1)OCCO2. The topological polar surface area (TPSA) is 125 Å². The van der Waals surface area contributed by atoms with Crippen molar-refractivity contribution in [2.45, 2.75) is 11.3 Å². The molecule has 0 fully saturated rings. The fourth-order valence-corrected chi connectivity index (χ4v) is 3.39. The molecule has 2 rings (SSSR count). The summed E-state index contributed by atoms with van der Waals surface area (Å²) in [6, 6.07) is 4.29. The summed E-state index contributed by atoms with van der Waals surface area (Å²) in [5.41, 5.74) is 0. The molecule has 0 amide bonds. The number of primary sulfonamides is 1. The summed E-state index contributed by atoms with van der Waals surface area (Å²) in [6.45, 7) is 0.760. The van der Waals surface area contributed by atoms with Gasteiger partial charge in [-0.15, -0.1) is 0 Å². The molecule has 0 radical (unpaired) electrons. The fraction of sp³-hybridized carbons (Fsp3) is 0.455. The first-order chi connectivity index (χ1) is 9.78. The molecule has 1 aromatic rings. The lowest BCUT2D eigenvalue weighted by atomic mass is 10.3. The maximum Gasteiger partial charge on any atom is 0.240 e. The Hall–Kier alpha value is -1.36. The highest BCUT2D eigenvalue weighted by molar-refractivity contribution is 7.89. The van der Waals surface area contributed by atoms with Crippen molar-refractivity contribution < 1.29 is 26.3 Å². The molecule has 3 N–H and O–H groups in total. The number of nitrogens with two attached hydrogens (primary N) is 1. The molecule has 0 bridgehead atoms. The Morgan fingerprint density at radius 2 is 1.76 bits per heavy atom. The van der Waals surface area contributed by atoms with Crippen molar-refractivity contribution in [1.29, 1.82) is 0 Å². The van der Waals surface area contributed by atoms with Gasteiger partial charge in [-0.25, -0.2) is 26.7 Å². The van der Waals surface area contributed by atoms with Crippen LogP contribution < -0.4 is 19.3 Å². The van der Waals surface area contributed by atoms with Gasteiger partial charge in [0.25, 0.3) is 0 Å². The predicted octanol–water partition coefficient (Wildman–Crippen LogP) is -0.585. The highest BCUT2D eigenvalue weighted by atomic mass is 32.2. The van der Waals surface area contributed by atoms with Crippen LogP contribution in [-0.2, 0) is 20.0 Å². The van der Waals surface area contributed by atoms with Gasteiger partial charge in [0.15, 0.2) is 11.5 Å². The van der Waals surface area contributed by atoms with E-state index in [-0.39, 0.29) is 23.6 Å². The third-order valence-corrected chi connectivity index (χ3v) is 5.04. The Morgan fingerprint density at radius 3 is 2.43 bits per heavy atom. The average molecular weight is 336 g/mol. The van der Waals surface area contributed by atoms with Crippen LogP contribution in [0.5, 0.6) is 11.5 Å². The van der Waals surface area contributed by atoms with E-state index in [0.717, 1.165) is 0 Å². The van der Waals surface area contributed by atoms with Crippen LogP contribution >= 0.6 is 0 Å². The number of hydrogen-bond donors (Lipinski definition) is 2. The minimum Gasteiger partial charge on any atom is -0.486 e. The van der Waals surface area contributed by atoms with Gasteiger partial charge in [0, 0.05) is 12.6 Å². The molecule has 10 heteroatoms. The maximum atomic E-state index is 12.1. The molecule has 21 heavy (non-hydrogen) atoms. The molecule has 0 saturated carbocycles.